The number of Topliss-reactive ketones (excluding diaryl/α,β-unsaturated/α-hetero) is 1. The van der Waals surface area contributed by atoms with Crippen molar-refractivity contribution in [3.63, 3.8) is 0 Å². The summed E-state index contributed by atoms with van der Waals surface area (Å²) >= 11 is 0. The normalized spacial score (nSPS) is 21.8. The van der Waals surface area contributed by atoms with E-state index in [2.05, 4.69) is 200 Å². The molecule has 7 fully saturated rings. The van der Waals surface area contributed by atoms with E-state index in [9.17, 15) is 14.4 Å². The highest BCUT2D eigenvalue weighted by Crippen LogP contribution is 2.26. The second kappa shape index (κ2) is 40.0. The van der Waals surface area contributed by atoms with Gasteiger partial charge in [-0.25, -0.2) is 0 Å². The van der Waals surface area contributed by atoms with Gasteiger partial charge in [0.2, 0.25) is 11.8 Å². The fourth-order valence-electron chi connectivity index (χ4n) is 10.1. The SMILES string of the molecule is C#COO.CC(=O)C1CN(C(C)C)C1.CC(=O)NC(C)C1CN(C(C)C)C1.CC(=O)NC(C)C1CN(C(C)C)C1.CC(C)C1CN(C(C)C)C1.CC(N)C1CN(C(C)C)C1.CC(O)C1CN(C(C)C)C1.CNC(C)C1CN(C(C)C)C1. The van der Waals surface area contributed by atoms with E-state index in [4.69, 9.17) is 16.1 Å². The molecule has 81 heavy (non-hydrogen) atoms. The molecule has 17 nitrogen and oxygen atoms in total. The predicted octanol–water partition coefficient (Wildman–Crippen LogP) is 6.98. The van der Waals surface area contributed by atoms with Gasteiger partial charge < -0.3 is 56.2 Å². The number of rotatable bonds is 17. The largest absolute Gasteiger partial charge is 0.393 e. The lowest BCUT2D eigenvalue weighted by Gasteiger charge is -2.44. The quantitative estimate of drug-likeness (QED) is 0.0498. The number of nitrogens with two attached hydrogens (primary N) is 1. The van der Waals surface area contributed by atoms with Crippen LogP contribution in [0.3, 0.4) is 0 Å². The summed E-state index contributed by atoms with van der Waals surface area (Å²) in [5, 5.41) is 25.5. The third-order valence-corrected chi connectivity index (χ3v) is 18.1. The molecule has 0 radical (unpaired) electrons. The summed E-state index contributed by atoms with van der Waals surface area (Å²) in [5.41, 5.74) is 5.73. The molecule has 7 heterocycles. The van der Waals surface area contributed by atoms with Gasteiger partial charge in [-0.2, -0.15) is 5.26 Å². The van der Waals surface area contributed by atoms with Crippen molar-refractivity contribution in [2.24, 2.45) is 53.1 Å². The first-order chi connectivity index (χ1) is 37.5. The van der Waals surface area contributed by atoms with Crippen LogP contribution in [0.25, 0.3) is 0 Å². The average molecular weight is 1150 g/mol. The number of terminal acetylenes is 1. The first kappa shape index (κ1) is 78.5. The minimum atomic E-state index is -0.116. The molecule has 0 aliphatic carbocycles. The van der Waals surface area contributed by atoms with Gasteiger partial charge in [0, 0.05) is 196 Å². The zero-order chi connectivity index (χ0) is 62.8. The second-order valence-corrected chi connectivity index (χ2v) is 27.3. The van der Waals surface area contributed by atoms with Crippen molar-refractivity contribution in [1.29, 1.82) is 0 Å². The van der Waals surface area contributed by atoms with E-state index in [1.165, 1.54) is 45.4 Å². The minimum absolute atomic E-state index is 0.0792. The monoisotopic (exact) mass is 1150 g/mol. The highest BCUT2D eigenvalue weighted by Gasteiger charge is 2.36. The van der Waals surface area contributed by atoms with Gasteiger partial charge in [-0.05, 0) is 169 Å². The highest BCUT2D eigenvalue weighted by molar-refractivity contribution is 5.79. The lowest BCUT2D eigenvalue weighted by molar-refractivity contribution is -0.171. The van der Waals surface area contributed by atoms with Crippen LogP contribution in [0.5, 0.6) is 0 Å². The molecule has 5 atom stereocenters. The van der Waals surface area contributed by atoms with Crippen molar-refractivity contribution in [1.82, 2.24) is 50.2 Å². The molecule has 0 bridgehead atoms. The van der Waals surface area contributed by atoms with Crippen molar-refractivity contribution in [3.8, 4) is 12.5 Å². The number of likely N-dealkylation sites (tertiary alicyclic amines) is 7. The van der Waals surface area contributed by atoms with Crippen molar-refractivity contribution in [3.05, 3.63) is 0 Å². The number of hydrogen-bond donors (Lipinski definition) is 6. The number of carbonyl (C=O) groups is 3. The lowest BCUT2D eigenvalue weighted by Crippen LogP contribution is -2.57. The first-order valence-electron chi connectivity index (χ1n) is 31.6. The van der Waals surface area contributed by atoms with E-state index >= 15 is 0 Å². The maximum Gasteiger partial charge on any atom is 0.217 e. The molecule has 7 aliphatic rings. The Balaban J connectivity index is 0.000000913. The molecule has 0 aromatic heterocycles. The average Bonchev–Trinajstić information content (AvgIpc) is 3.19. The number of nitrogens with one attached hydrogen (secondary N) is 3. The van der Waals surface area contributed by atoms with Crippen LogP contribution < -0.4 is 21.7 Å². The molecule has 7 aliphatic heterocycles. The van der Waals surface area contributed by atoms with Gasteiger partial charge >= 0.3 is 0 Å². The summed E-state index contributed by atoms with van der Waals surface area (Å²) in [6, 6.07) is 6.45. The first-order valence-corrected chi connectivity index (χ1v) is 31.6. The molecule has 478 valence electrons. The number of aliphatic hydroxyl groups excluding tert-OH is 1. The molecular formula is C64H131N11O6. The van der Waals surface area contributed by atoms with Crippen LogP contribution in [-0.2, 0) is 19.3 Å². The summed E-state index contributed by atoms with van der Waals surface area (Å²) in [6.07, 6.45) is 5.68. The van der Waals surface area contributed by atoms with Crippen LogP contribution in [0.15, 0.2) is 0 Å². The lowest BCUT2D eigenvalue weighted by atomic mass is 9.87. The van der Waals surface area contributed by atoms with Crippen molar-refractivity contribution in [2.75, 3.05) is 98.7 Å². The molecule has 0 spiro atoms. The van der Waals surface area contributed by atoms with E-state index in [-0.39, 0.29) is 17.9 Å². The fraction of sp³-hybridized carbons (Fsp3) is 0.922. The van der Waals surface area contributed by atoms with Crippen molar-refractivity contribution in [2.45, 2.75) is 239 Å². The Morgan fingerprint density at radius 2 is 0.679 bits per heavy atom. The zero-order valence-electron chi connectivity index (χ0n) is 56.8. The summed E-state index contributed by atoms with van der Waals surface area (Å²) < 4.78 is 0. The molecule has 17 heteroatoms. The van der Waals surface area contributed by atoms with Gasteiger partial charge in [0.1, 0.15) is 5.78 Å². The molecule has 0 aromatic rings. The smallest absolute Gasteiger partial charge is 0.217 e. The van der Waals surface area contributed by atoms with E-state index in [0.29, 0.717) is 83.8 Å². The van der Waals surface area contributed by atoms with Crippen LogP contribution in [0, 0.1) is 59.9 Å². The number of ketones is 1. The van der Waals surface area contributed by atoms with E-state index in [1.807, 2.05) is 14.0 Å². The maximum atomic E-state index is 10.8. The summed E-state index contributed by atoms with van der Waals surface area (Å²) in [4.78, 5) is 52.4. The van der Waals surface area contributed by atoms with Gasteiger partial charge in [-0.1, -0.05) is 20.3 Å². The van der Waals surface area contributed by atoms with Crippen LogP contribution in [0.1, 0.15) is 166 Å². The van der Waals surface area contributed by atoms with Gasteiger partial charge in [-0.15, -0.1) is 0 Å². The number of carbonyl (C=O) groups excluding carboxylic acids is 3. The fourth-order valence-corrected chi connectivity index (χ4v) is 10.1. The summed E-state index contributed by atoms with van der Waals surface area (Å²) in [7, 11) is 2.04. The van der Waals surface area contributed by atoms with E-state index in [1.54, 1.807) is 20.8 Å². The van der Waals surface area contributed by atoms with Gasteiger partial charge in [-0.3, -0.25) is 24.2 Å². The van der Waals surface area contributed by atoms with Crippen LogP contribution >= 0.6 is 0 Å². The van der Waals surface area contributed by atoms with Gasteiger partial charge in [0.05, 0.1) is 6.10 Å². The van der Waals surface area contributed by atoms with E-state index in [0.717, 1.165) is 88.1 Å². The third kappa shape index (κ3) is 30.4. The Kier molecular flexibility index (Phi) is 38.8. The van der Waals surface area contributed by atoms with Crippen molar-refractivity contribution >= 4 is 17.6 Å². The minimum Gasteiger partial charge on any atom is -0.393 e. The molecular weight excluding hydrogens is 1020 g/mol. The molecule has 0 saturated carbocycles. The van der Waals surface area contributed by atoms with Gasteiger partial charge in [0.15, 0.2) is 6.11 Å². The molecule has 7 saturated heterocycles. The van der Waals surface area contributed by atoms with Crippen molar-refractivity contribution < 1.29 is 29.6 Å². The third-order valence-electron chi connectivity index (χ3n) is 18.1. The van der Waals surface area contributed by atoms with Crippen LogP contribution in [-0.4, -0.2) is 233 Å². The van der Waals surface area contributed by atoms with Gasteiger partial charge in [0.25, 0.3) is 0 Å². The Morgan fingerprint density at radius 1 is 0.444 bits per heavy atom. The van der Waals surface area contributed by atoms with E-state index < -0.39 is 0 Å². The van der Waals surface area contributed by atoms with Crippen LogP contribution in [0.2, 0.25) is 0 Å². The van der Waals surface area contributed by atoms with Crippen LogP contribution in [0.4, 0.5) is 0 Å². The Bertz CT molecular complexity index is 1560. The highest BCUT2D eigenvalue weighted by atomic mass is 17.1. The molecule has 7 rings (SSSR count). The Labute approximate surface area is 498 Å². The molecule has 2 amide bonds. The second-order valence-electron chi connectivity index (χ2n) is 27.3. The number of nitrogens with zero attached hydrogens (tertiary/aromatic N) is 7. The Hall–Kier alpha value is -2.47. The molecule has 7 N–H and O–H groups in total. The zero-order valence-corrected chi connectivity index (χ0v) is 56.8. The maximum absolute atomic E-state index is 10.8. The number of hydrogen-bond acceptors (Lipinski definition) is 15. The number of amides is 2. The Morgan fingerprint density at radius 3 is 0.877 bits per heavy atom. The topological polar surface area (TPSA) is 186 Å². The summed E-state index contributed by atoms with van der Waals surface area (Å²) in [6.45, 7) is 67.2. The standard InChI is InChI=1S/2C10H20N2O.C9H20N2.C9H19N.C8H18N2.C8H17NO.C8H15NO.C2H2O2/c2*1-7(2)12-5-10(6-12)8(3)11-9(4)13;1-7(2)11-5-9(6-11)8(3)10-4;1-7(2)9-5-10(6-9)8(3)4;1-6(2)10-4-8(5-10)7(3)9;2*1-6(2)9-4-8(5-9)7(3)10;1-2-4-3/h2*7-8,10H,5-6H2,1-4H3,(H,11,13);7-10H,5-6H2,1-4H3;7-9H,5-6H2,1-4H3;6-8H,4-5,9H2,1-3H3;6-8,10H,4-5H2,1-3H3;6,8H,4-5H2,1-3H3;1,3H. The summed E-state index contributed by atoms with van der Waals surface area (Å²) in [5.74, 6) is 6.15. The predicted molar refractivity (Wildman–Crippen MR) is 340 cm³/mol. The molecule has 0 aromatic carbocycles. The number of aliphatic hydroxyl groups is 1. The molecule has 5 unspecified atom stereocenters.